The van der Waals surface area contributed by atoms with Gasteiger partial charge in [0.2, 0.25) is 0 Å². The molecule has 0 spiro atoms. The number of hydrogen-bond acceptors (Lipinski definition) is 1. The van der Waals surface area contributed by atoms with E-state index in [1.54, 1.807) is 24.3 Å². The summed E-state index contributed by atoms with van der Waals surface area (Å²) in [6.45, 7) is 2.25. The van der Waals surface area contributed by atoms with Gasteiger partial charge in [-0.05, 0) is 0 Å². The molecule has 138 valence electrons. The molecule has 0 aliphatic carbocycles. The fourth-order valence-electron chi connectivity index (χ4n) is 2.76. The molecule has 0 bridgehead atoms. The molecular weight excluding hydrogens is 411 g/mol. The second-order valence-corrected chi connectivity index (χ2v) is 7.98. The Morgan fingerprint density at radius 3 is 2.30 bits per heavy atom. The first-order valence-corrected chi connectivity index (χ1v) is 10.7. The molecule has 5 heteroatoms. The van der Waals surface area contributed by atoms with Gasteiger partial charge in [0.15, 0.2) is 0 Å². The normalized spacial score (nSPS) is 10.6. The van der Waals surface area contributed by atoms with Gasteiger partial charge in [0.05, 0.1) is 0 Å². The summed E-state index contributed by atoms with van der Waals surface area (Å²) in [7, 11) is 0. The van der Waals surface area contributed by atoms with E-state index >= 15 is 0 Å². The summed E-state index contributed by atoms with van der Waals surface area (Å²) in [4.78, 5) is 14.7. The molecule has 0 unspecified atom stereocenters. The number of hydrogen-bond donors (Lipinski definition) is 0. The molecule has 3 rings (SSSR count). The minimum absolute atomic E-state index is 0.222. The Morgan fingerprint density at radius 2 is 1.63 bits per heavy atom. The fourth-order valence-corrected chi connectivity index (χ4v) is 4.90. The van der Waals surface area contributed by atoms with Crippen LogP contribution in [0.25, 0.3) is 0 Å². The molecule has 1 amide bonds. The van der Waals surface area contributed by atoms with Crippen LogP contribution >= 0.6 is 0 Å². The van der Waals surface area contributed by atoms with Gasteiger partial charge in [-0.15, -0.1) is 0 Å². The molecule has 0 atom stereocenters. The Bertz CT molecular complexity index is 913. The predicted octanol–water partition coefficient (Wildman–Crippen LogP) is 4.16. The third kappa shape index (κ3) is 4.62. The second-order valence-electron chi connectivity index (χ2n) is 5.92. The fraction of sp³-hybridized carbons (Fsp3) is 0.136. The molecule has 0 aromatic heterocycles. The average Bonchev–Trinajstić information content (AvgIpc) is 2.69. The average molecular weight is 430 g/mol. The van der Waals surface area contributed by atoms with Crippen molar-refractivity contribution in [3.8, 4) is 0 Å². The number of carbonyl (C=O) groups excluding carboxylic acids is 1. The van der Waals surface area contributed by atoms with Crippen LogP contribution in [0.2, 0.25) is 0 Å². The Balaban J connectivity index is 1.89. The summed E-state index contributed by atoms with van der Waals surface area (Å²) in [5.74, 6) is -0.986. The SMILES string of the molecule is CCN(C(=O)c1cccc(F)c1[Se]Cc1ccccc1)c1ccc(F)cc1. The Morgan fingerprint density at radius 1 is 0.926 bits per heavy atom. The van der Waals surface area contributed by atoms with Crippen molar-refractivity contribution in [3.63, 3.8) is 0 Å². The first-order valence-electron chi connectivity index (χ1n) is 8.63. The zero-order valence-electron chi connectivity index (χ0n) is 14.9. The molecule has 27 heavy (non-hydrogen) atoms. The monoisotopic (exact) mass is 431 g/mol. The number of carbonyl (C=O) groups is 1. The second kappa shape index (κ2) is 8.94. The minimum atomic E-state index is -0.361. The van der Waals surface area contributed by atoms with Crippen molar-refractivity contribution in [3.05, 3.63) is 95.6 Å². The van der Waals surface area contributed by atoms with E-state index in [0.717, 1.165) is 5.56 Å². The van der Waals surface area contributed by atoms with Gasteiger partial charge in [0.1, 0.15) is 0 Å². The zero-order valence-corrected chi connectivity index (χ0v) is 16.6. The van der Waals surface area contributed by atoms with Crippen LogP contribution in [0.3, 0.4) is 0 Å². The van der Waals surface area contributed by atoms with E-state index in [2.05, 4.69) is 0 Å². The van der Waals surface area contributed by atoms with Crippen LogP contribution < -0.4 is 9.36 Å². The predicted molar refractivity (Wildman–Crippen MR) is 106 cm³/mol. The third-order valence-electron chi connectivity index (χ3n) is 4.12. The number of anilines is 1. The first-order chi connectivity index (χ1) is 13.1. The Hall–Kier alpha value is -2.49. The van der Waals surface area contributed by atoms with E-state index < -0.39 is 0 Å². The van der Waals surface area contributed by atoms with Crippen molar-refractivity contribution in [1.29, 1.82) is 0 Å². The van der Waals surface area contributed by atoms with E-state index in [9.17, 15) is 13.6 Å². The number of rotatable bonds is 6. The van der Waals surface area contributed by atoms with Crippen molar-refractivity contribution in [2.75, 3.05) is 11.4 Å². The topological polar surface area (TPSA) is 20.3 Å². The molecule has 0 radical (unpaired) electrons. The first kappa shape index (κ1) is 19.3. The van der Waals surface area contributed by atoms with Crippen LogP contribution in [0.1, 0.15) is 22.8 Å². The van der Waals surface area contributed by atoms with Crippen molar-refractivity contribution in [1.82, 2.24) is 0 Å². The molecule has 3 aromatic rings. The molecule has 0 aliphatic rings. The standard InChI is InChI=1S/C22H19F2NOSe/c1-2-25(18-13-11-17(23)12-14-18)22(26)19-9-6-10-20(24)21(19)27-15-16-7-4-3-5-8-16/h3-14H,2,15H2,1H3. The summed E-state index contributed by atoms with van der Waals surface area (Å²) in [6.07, 6.45) is 0. The zero-order chi connectivity index (χ0) is 19.2. The van der Waals surface area contributed by atoms with Gasteiger partial charge < -0.3 is 0 Å². The molecular formula is C22H19F2NOSe. The van der Waals surface area contributed by atoms with E-state index in [0.29, 0.717) is 27.6 Å². The van der Waals surface area contributed by atoms with E-state index in [-0.39, 0.29) is 32.5 Å². The number of nitrogens with zero attached hydrogens (tertiary/aromatic N) is 1. The molecule has 0 aliphatic heterocycles. The maximum atomic E-state index is 14.5. The quantitative estimate of drug-likeness (QED) is 0.538. The number of benzene rings is 3. The van der Waals surface area contributed by atoms with Crippen molar-refractivity contribution in [2.45, 2.75) is 12.2 Å². The van der Waals surface area contributed by atoms with E-state index in [1.165, 1.54) is 23.1 Å². The van der Waals surface area contributed by atoms with Gasteiger partial charge in [-0.2, -0.15) is 0 Å². The molecule has 0 saturated heterocycles. The summed E-state index contributed by atoms with van der Waals surface area (Å²) in [5, 5.41) is 0.706. The molecule has 2 nitrogen and oxygen atoms in total. The molecule has 0 saturated carbocycles. The van der Waals surface area contributed by atoms with Gasteiger partial charge in [-0.25, -0.2) is 0 Å². The summed E-state index contributed by atoms with van der Waals surface area (Å²) < 4.78 is 28.2. The molecule has 0 heterocycles. The molecule has 0 fully saturated rings. The number of amides is 1. The third-order valence-corrected chi connectivity index (χ3v) is 6.60. The summed E-state index contributed by atoms with van der Waals surface area (Å²) in [5.41, 5.74) is 2.08. The Labute approximate surface area is 164 Å². The van der Waals surface area contributed by atoms with Gasteiger partial charge in [0.25, 0.3) is 0 Å². The summed E-state index contributed by atoms with van der Waals surface area (Å²) >= 11 is -0.222. The van der Waals surface area contributed by atoms with Crippen LogP contribution in [0.15, 0.2) is 72.8 Å². The van der Waals surface area contributed by atoms with E-state index in [4.69, 9.17) is 0 Å². The summed E-state index contributed by atoms with van der Waals surface area (Å²) in [6, 6.07) is 20.2. The van der Waals surface area contributed by atoms with Crippen LogP contribution in [0.4, 0.5) is 14.5 Å². The van der Waals surface area contributed by atoms with Gasteiger partial charge in [0, 0.05) is 0 Å². The van der Waals surface area contributed by atoms with Crippen molar-refractivity contribution in [2.24, 2.45) is 0 Å². The van der Waals surface area contributed by atoms with Crippen molar-refractivity contribution >= 4 is 31.0 Å². The van der Waals surface area contributed by atoms with E-state index in [1.807, 2.05) is 37.3 Å². The molecule has 0 N–H and O–H groups in total. The van der Waals surface area contributed by atoms with Crippen LogP contribution in [0.5, 0.6) is 0 Å². The van der Waals surface area contributed by atoms with Gasteiger partial charge in [-0.1, -0.05) is 0 Å². The van der Waals surface area contributed by atoms with Crippen molar-refractivity contribution < 1.29 is 13.6 Å². The van der Waals surface area contributed by atoms with Crippen LogP contribution in [0, 0.1) is 11.6 Å². The van der Waals surface area contributed by atoms with Crippen LogP contribution in [-0.4, -0.2) is 27.4 Å². The maximum absolute atomic E-state index is 14.5. The Kier molecular flexibility index (Phi) is 6.38. The van der Waals surface area contributed by atoms with Gasteiger partial charge >= 0.3 is 164 Å². The molecule has 3 aromatic carbocycles. The number of halogens is 2. The van der Waals surface area contributed by atoms with Gasteiger partial charge in [-0.3, -0.25) is 0 Å². The van der Waals surface area contributed by atoms with Crippen LogP contribution in [-0.2, 0) is 5.32 Å².